The summed E-state index contributed by atoms with van der Waals surface area (Å²) in [6, 6.07) is 50.8. The molecule has 0 fully saturated rings. The molecule has 0 aliphatic heterocycles. The van der Waals surface area contributed by atoms with Crippen molar-refractivity contribution in [3.8, 4) is 50.6 Å². The standard InChI is InChI=1S/C44H24N2O2/c1-46-40-25-38(28-21-19-27(20-22-28)32-13-7-15-36-34-11-2-4-17-41(34)47-43(32)36)31(26-45)24-39(40)30-10-6-9-29(23-30)33-14-8-16-37-35-12-3-5-18-42(35)48-44(33)37/h2-25H. The van der Waals surface area contributed by atoms with Crippen molar-refractivity contribution in [1.82, 2.24) is 0 Å². The fraction of sp³-hybridized carbons (Fsp3) is 0. The summed E-state index contributed by atoms with van der Waals surface area (Å²) < 4.78 is 12.6. The zero-order valence-corrected chi connectivity index (χ0v) is 25.6. The molecule has 0 amide bonds. The maximum absolute atomic E-state index is 10.3. The van der Waals surface area contributed by atoms with Gasteiger partial charge in [-0.1, -0.05) is 115 Å². The Hall–Kier alpha value is -6.88. The molecule has 0 saturated heterocycles. The molecular weight excluding hydrogens is 588 g/mol. The highest BCUT2D eigenvalue weighted by atomic mass is 16.3. The molecule has 48 heavy (non-hydrogen) atoms. The molecule has 222 valence electrons. The van der Waals surface area contributed by atoms with Gasteiger partial charge in [0, 0.05) is 32.7 Å². The molecular formula is C44H24N2O2. The van der Waals surface area contributed by atoms with Crippen LogP contribution in [0, 0.1) is 17.9 Å². The predicted molar refractivity (Wildman–Crippen MR) is 194 cm³/mol. The summed E-state index contributed by atoms with van der Waals surface area (Å²) in [5.74, 6) is 0. The highest BCUT2D eigenvalue weighted by molar-refractivity contribution is 6.10. The summed E-state index contributed by atoms with van der Waals surface area (Å²) >= 11 is 0. The fourth-order valence-electron chi connectivity index (χ4n) is 6.88. The molecule has 4 heteroatoms. The van der Waals surface area contributed by atoms with Crippen LogP contribution in [0.4, 0.5) is 5.69 Å². The normalized spacial score (nSPS) is 11.3. The summed E-state index contributed by atoms with van der Waals surface area (Å²) in [5.41, 5.74) is 11.5. The molecule has 0 aliphatic carbocycles. The first kappa shape index (κ1) is 27.4. The lowest BCUT2D eigenvalue weighted by Gasteiger charge is -2.13. The van der Waals surface area contributed by atoms with Crippen LogP contribution in [0.2, 0.25) is 0 Å². The largest absolute Gasteiger partial charge is 0.455 e. The lowest BCUT2D eigenvalue weighted by molar-refractivity contribution is 0.669. The molecule has 9 rings (SSSR count). The Morgan fingerprint density at radius 3 is 1.54 bits per heavy atom. The fourth-order valence-corrected chi connectivity index (χ4v) is 6.88. The van der Waals surface area contributed by atoms with Crippen LogP contribution in [0.1, 0.15) is 5.56 Å². The minimum atomic E-state index is 0.485. The van der Waals surface area contributed by atoms with Crippen molar-refractivity contribution in [2.45, 2.75) is 0 Å². The van der Waals surface area contributed by atoms with E-state index in [9.17, 15) is 5.26 Å². The molecule has 0 atom stereocenters. The second-order valence-corrected chi connectivity index (χ2v) is 11.9. The quantitative estimate of drug-likeness (QED) is 0.186. The summed E-state index contributed by atoms with van der Waals surface area (Å²) in [5, 5.41) is 14.6. The first-order valence-electron chi connectivity index (χ1n) is 15.7. The molecule has 2 aromatic heterocycles. The van der Waals surface area contributed by atoms with Gasteiger partial charge in [-0.3, -0.25) is 0 Å². The SMILES string of the molecule is [C-]#[N+]c1cc(-c2ccc(-c3cccc4c3oc3ccccc34)cc2)c(C#N)cc1-c1cccc(-c2cccc3c2oc2ccccc23)c1. The van der Waals surface area contributed by atoms with E-state index in [4.69, 9.17) is 15.4 Å². The summed E-state index contributed by atoms with van der Waals surface area (Å²) in [6.45, 7) is 8.09. The smallest absolute Gasteiger partial charge is 0.195 e. The molecule has 7 aromatic carbocycles. The van der Waals surface area contributed by atoms with E-state index in [2.05, 4.69) is 59.4 Å². The van der Waals surface area contributed by atoms with Crippen LogP contribution in [0.3, 0.4) is 0 Å². The van der Waals surface area contributed by atoms with Gasteiger partial charge in [0.2, 0.25) is 0 Å². The third-order valence-electron chi connectivity index (χ3n) is 9.18. The maximum Gasteiger partial charge on any atom is 0.195 e. The lowest BCUT2D eigenvalue weighted by Crippen LogP contribution is -1.89. The monoisotopic (exact) mass is 612 g/mol. The van der Waals surface area contributed by atoms with Crippen LogP contribution in [0.25, 0.3) is 93.2 Å². The Morgan fingerprint density at radius 2 is 0.958 bits per heavy atom. The summed E-state index contributed by atoms with van der Waals surface area (Å²) in [4.78, 5) is 3.92. The number of rotatable bonds is 4. The third-order valence-corrected chi connectivity index (χ3v) is 9.18. The molecule has 0 saturated carbocycles. The summed E-state index contributed by atoms with van der Waals surface area (Å²) in [6.07, 6.45) is 0. The number of nitrogens with zero attached hydrogens (tertiary/aromatic N) is 2. The average molecular weight is 613 g/mol. The molecule has 0 N–H and O–H groups in total. The van der Waals surface area contributed by atoms with Crippen LogP contribution in [-0.2, 0) is 0 Å². The molecule has 0 spiro atoms. The van der Waals surface area contributed by atoms with Gasteiger partial charge in [-0.2, -0.15) is 5.26 Å². The minimum absolute atomic E-state index is 0.485. The van der Waals surface area contributed by atoms with Crippen LogP contribution in [0.15, 0.2) is 154 Å². The van der Waals surface area contributed by atoms with Gasteiger partial charge in [-0.05, 0) is 63.7 Å². The van der Waals surface area contributed by atoms with Gasteiger partial charge >= 0.3 is 0 Å². The molecule has 0 aliphatic rings. The van der Waals surface area contributed by atoms with E-state index in [1.165, 1.54) is 0 Å². The van der Waals surface area contributed by atoms with Gasteiger partial charge < -0.3 is 8.83 Å². The highest BCUT2D eigenvalue weighted by Crippen LogP contribution is 2.42. The van der Waals surface area contributed by atoms with E-state index in [0.717, 1.165) is 88.4 Å². The predicted octanol–water partition coefficient (Wildman–Crippen LogP) is 12.6. The minimum Gasteiger partial charge on any atom is -0.455 e. The van der Waals surface area contributed by atoms with E-state index in [1.54, 1.807) is 0 Å². The van der Waals surface area contributed by atoms with Crippen molar-refractivity contribution in [3.63, 3.8) is 0 Å². The molecule has 9 aromatic rings. The van der Waals surface area contributed by atoms with Crippen molar-refractivity contribution in [1.29, 1.82) is 5.26 Å². The zero-order chi connectivity index (χ0) is 32.2. The van der Waals surface area contributed by atoms with Gasteiger partial charge in [0.15, 0.2) is 5.69 Å². The van der Waals surface area contributed by atoms with Gasteiger partial charge in [0.25, 0.3) is 0 Å². The van der Waals surface area contributed by atoms with Gasteiger partial charge in [-0.25, -0.2) is 4.85 Å². The van der Waals surface area contributed by atoms with Crippen LogP contribution < -0.4 is 0 Å². The van der Waals surface area contributed by atoms with Crippen LogP contribution >= 0.6 is 0 Å². The van der Waals surface area contributed by atoms with Gasteiger partial charge in [-0.15, -0.1) is 0 Å². The first-order valence-corrected chi connectivity index (χ1v) is 15.7. The van der Waals surface area contributed by atoms with Crippen LogP contribution in [-0.4, -0.2) is 0 Å². The Labute approximate surface area is 276 Å². The van der Waals surface area contributed by atoms with Gasteiger partial charge in [0.05, 0.1) is 18.2 Å². The zero-order valence-electron chi connectivity index (χ0n) is 25.6. The maximum atomic E-state index is 10.3. The van der Waals surface area contributed by atoms with E-state index in [-0.39, 0.29) is 0 Å². The van der Waals surface area contributed by atoms with E-state index in [0.29, 0.717) is 11.3 Å². The molecule has 0 radical (unpaired) electrons. The van der Waals surface area contributed by atoms with Crippen molar-refractivity contribution in [2.24, 2.45) is 0 Å². The third kappa shape index (κ3) is 4.29. The Bertz CT molecular complexity index is 2800. The average Bonchev–Trinajstić information content (AvgIpc) is 3.73. The molecule has 4 nitrogen and oxygen atoms in total. The van der Waals surface area contributed by atoms with Crippen LogP contribution in [0.5, 0.6) is 0 Å². The van der Waals surface area contributed by atoms with Crippen molar-refractivity contribution >= 4 is 49.6 Å². The molecule has 2 heterocycles. The van der Waals surface area contributed by atoms with Gasteiger partial charge in [0.1, 0.15) is 22.3 Å². The molecule has 0 unspecified atom stereocenters. The topological polar surface area (TPSA) is 54.4 Å². The van der Waals surface area contributed by atoms with E-state index < -0.39 is 0 Å². The number of fused-ring (bicyclic) bond motifs is 6. The number of nitriles is 1. The number of hydrogen-bond acceptors (Lipinski definition) is 3. The lowest BCUT2D eigenvalue weighted by atomic mass is 9.91. The number of para-hydroxylation sites is 4. The number of furan rings is 2. The molecule has 0 bridgehead atoms. The van der Waals surface area contributed by atoms with E-state index >= 15 is 0 Å². The highest BCUT2D eigenvalue weighted by Gasteiger charge is 2.17. The van der Waals surface area contributed by atoms with Crippen molar-refractivity contribution in [2.75, 3.05) is 0 Å². The second-order valence-electron chi connectivity index (χ2n) is 11.9. The van der Waals surface area contributed by atoms with Crippen molar-refractivity contribution < 1.29 is 8.83 Å². The Balaban J connectivity index is 1.11. The van der Waals surface area contributed by atoms with Crippen molar-refractivity contribution in [3.05, 3.63) is 163 Å². The Kier molecular flexibility index (Phi) is 6.22. The van der Waals surface area contributed by atoms with E-state index in [1.807, 2.05) is 97.1 Å². The number of hydrogen-bond donors (Lipinski definition) is 0. The number of benzene rings is 7. The first-order chi connectivity index (χ1) is 23.7. The second kappa shape index (κ2) is 10.9. The Morgan fingerprint density at radius 1 is 0.458 bits per heavy atom. The summed E-state index contributed by atoms with van der Waals surface area (Å²) in [7, 11) is 0.